The average Bonchev–Trinajstić information content (AvgIpc) is 3.90. The lowest BCUT2D eigenvalue weighted by Crippen LogP contribution is -2.61. The van der Waals surface area contributed by atoms with Gasteiger partial charge in [0.05, 0.1) is 73.8 Å². The molecule has 10 saturated heterocycles. The highest BCUT2D eigenvalue weighted by Gasteiger charge is 2.69. The van der Waals surface area contributed by atoms with Gasteiger partial charge in [0, 0.05) is 51.6 Å². The second-order valence-corrected chi connectivity index (χ2v) is 34.7. The molecule has 10 aliphatic rings. The Kier molecular flexibility index (Phi) is 14.1. The van der Waals surface area contributed by atoms with Gasteiger partial charge in [0.15, 0.2) is 22.4 Å². The number of rotatable bonds is 8. The first kappa shape index (κ1) is 50.1. The maximum atomic E-state index is 14.6. The van der Waals surface area contributed by atoms with Gasteiger partial charge in [-0.25, -0.2) is 0 Å². The minimum Gasteiger partial charge on any atom is -0.414 e. The normalized spacial score (nSPS) is 44.9. The summed E-state index contributed by atoms with van der Waals surface area (Å²) in [6, 6.07) is 0. The average molecular weight is 959 g/mol. The van der Waals surface area contributed by atoms with Gasteiger partial charge in [0.2, 0.25) is 0 Å². The molecule has 12 nitrogen and oxygen atoms in total. The number of ether oxygens (including phenoxy) is 9. The van der Waals surface area contributed by atoms with E-state index in [0.29, 0.717) is 45.1 Å². The van der Waals surface area contributed by atoms with Gasteiger partial charge < -0.3 is 51.5 Å². The quantitative estimate of drug-likeness (QED) is 0.170. The van der Waals surface area contributed by atoms with Crippen LogP contribution in [0, 0.1) is 11.8 Å². The van der Waals surface area contributed by atoms with E-state index in [1.165, 1.54) is 0 Å². The number of hydrogen-bond acceptors (Lipinski definition) is 12. The summed E-state index contributed by atoms with van der Waals surface area (Å²) in [5.41, 5.74) is 2.25. The number of carbonyl (C=O) groups is 1. The Balaban J connectivity index is 0.993. The van der Waals surface area contributed by atoms with Gasteiger partial charge in [0.25, 0.3) is 0 Å². The summed E-state index contributed by atoms with van der Waals surface area (Å²) in [4.78, 5) is 14.6. The first-order valence-electron chi connectivity index (χ1n) is 25.9. The molecule has 0 saturated carbocycles. The fourth-order valence-corrected chi connectivity index (χ4v) is 14.8. The largest absolute Gasteiger partial charge is 0.414 e. The zero-order valence-corrected chi connectivity index (χ0v) is 44.6. The summed E-state index contributed by atoms with van der Waals surface area (Å²) in [5.74, 6) is -0.554. The van der Waals surface area contributed by atoms with E-state index in [1.54, 1.807) is 7.11 Å². The Morgan fingerprint density at radius 1 is 0.697 bits per heavy atom. The van der Waals surface area contributed by atoms with E-state index in [4.69, 9.17) is 51.5 Å². The number of hydrogen-bond donors (Lipinski definition) is 0. The lowest BCUT2D eigenvalue weighted by Gasteiger charge is -2.47. The highest BCUT2D eigenvalue weighted by atomic mass is 28.4. The number of carbonyl (C=O) groups excluding carboxylic acids is 1. The molecule has 10 rings (SSSR count). The van der Waals surface area contributed by atoms with E-state index in [0.717, 1.165) is 56.1 Å². The Bertz CT molecular complexity index is 1790. The second-order valence-electron chi connectivity index (χ2n) is 25.1. The van der Waals surface area contributed by atoms with E-state index < -0.39 is 22.4 Å². The maximum absolute atomic E-state index is 14.6. The topological polar surface area (TPSA) is 119 Å². The van der Waals surface area contributed by atoms with E-state index >= 15 is 0 Å². The number of methoxy groups -OCH3 is 1. The van der Waals surface area contributed by atoms with Crippen molar-refractivity contribution in [2.75, 3.05) is 13.7 Å². The fourth-order valence-electron chi connectivity index (χ4n) is 12.4. The van der Waals surface area contributed by atoms with E-state index in [2.05, 4.69) is 87.8 Å². The number of Topliss-reactive ketones (excluding diaryl/α,β-unsaturated/α-hetero) is 1. The van der Waals surface area contributed by atoms with Crippen LogP contribution in [0.3, 0.4) is 0 Å². The van der Waals surface area contributed by atoms with Crippen LogP contribution in [0.25, 0.3) is 0 Å². The molecule has 0 aromatic heterocycles. The van der Waals surface area contributed by atoms with Crippen LogP contribution < -0.4 is 0 Å². The van der Waals surface area contributed by atoms with E-state index in [1.807, 2.05) is 0 Å². The van der Waals surface area contributed by atoms with Crippen LogP contribution in [-0.4, -0.2) is 140 Å². The van der Waals surface area contributed by atoms with Gasteiger partial charge in [-0.2, -0.15) is 0 Å². The second kappa shape index (κ2) is 18.6. The molecule has 0 aliphatic carbocycles. The van der Waals surface area contributed by atoms with Crippen LogP contribution in [0.5, 0.6) is 0 Å². The molecule has 14 heteroatoms. The fraction of sp³-hybridized carbons (Fsp3) is 0.904. The minimum absolute atomic E-state index is 0.00884. The van der Waals surface area contributed by atoms with Crippen LogP contribution in [0.4, 0.5) is 0 Å². The predicted molar refractivity (Wildman–Crippen MR) is 256 cm³/mol. The van der Waals surface area contributed by atoms with Gasteiger partial charge in [-0.1, -0.05) is 61.6 Å². The summed E-state index contributed by atoms with van der Waals surface area (Å²) in [6.07, 6.45) is 5.96. The van der Waals surface area contributed by atoms with Crippen molar-refractivity contribution in [3.05, 3.63) is 24.3 Å². The molecule has 0 aromatic rings. The van der Waals surface area contributed by atoms with E-state index in [9.17, 15) is 4.79 Å². The van der Waals surface area contributed by atoms with Crippen molar-refractivity contribution in [1.29, 1.82) is 0 Å². The monoisotopic (exact) mass is 959 g/mol. The Labute approximate surface area is 398 Å². The summed E-state index contributed by atoms with van der Waals surface area (Å²) in [5, 5.41) is 0.0634. The summed E-state index contributed by atoms with van der Waals surface area (Å²) in [7, 11) is -2.55. The Morgan fingerprint density at radius 2 is 1.36 bits per heavy atom. The molecule has 12 bridgehead atoms. The molecule has 0 aromatic carbocycles. The molecule has 374 valence electrons. The zero-order chi connectivity index (χ0) is 47.3. The van der Waals surface area contributed by atoms with Gasteiger partial charge in [0.1, 0.15) is 36.3 Å². The lowest BCUT2D eigenvalue weighted by atomic mass is 9.81. The molecular weight excluding hydrogens is 873 g/mol. The van der Waals surface area contributed by atoms with Crippen molar-refractivity contribution in [3.8, 4) is 0 Å². The van der Waals surface area contributed by atoms with Crippen molar-refractivity contribution >= 4 is 22.4 Å². The van der Waals surface area contributed by atoms with Crippen LogP contribution in [0.2, 0.25) is 36.3 Å². The van der Waals surface area contributed by atoms with Crippen LogP contribution >= 0.6 is 0 Å². The first-order chi connectivity index (χ1) is 30.9. The highest BCUT2D eigenvalue weighted by molar-refractivity contribution is 6.74. The van der Waals surface area contributed by atoms with Crippen molar-refractivity contribution in [2.45, 2.75) is 272 Å². The van der Waals surface area contributed by atoms with Crippen molar-refractivity contribution in [2.24, 2.45) is 11.8 Å². The standard InChI is InChI=1S/C52H86O12Si2/c1-29-21-33-15-17-38-30(2)22-35(56-38)19-20-52-27-43-46(62-52)47-48(61-43)49(63-52)45-39(60-47)18-16-34(58-45)23-32(53)24-37-41(26-40(57-33)31(29)3)59-42(44(37)54-10)25-36(64-66(13,14)51(7,8)9)28-55-65(11,12)50(4,5)6/h29,33-49H,2-3,15-28H2,1,4-14H3/t29?,33?,34?,35?,36?,37?,38?,39?,40?,41-,42+,43?,44+,45-,46?,47-,48?,49?,52-/m0/s1. The third kappa shape index (κ3) is 9.87. The molecule has 10 aliphatic heterocycles. The summed E-state index contributed by atoms with van der Waals surface area (Å²) in [6.45, 7) is 34.8. The van der Waals surface area contributed by atoms with Gasteiger partial charge in [-0.05, 0) is 98.3 Å². The first-order valence-corrected chi connectivity index (χ1v) is 31.8. The minimum atomic E-state index is -2.22. The maximum Gasteiger partial charge on any atom is 0.192 e. The molecule has 19 atom stereocenters. The molecular formula is C52H86O12Si2. The molecule has 0 radical (unpaired) electrons. The SMILES string of the molecule is C=C1CC2CC[C@@]34CC5OC6C(O3)[C@H]3OC(CCC3O[C@H]6C5O4)CC(=O)CC3[C@H](CC4OC(CCC1O2)CC(C)C4=C)O[C@H](CC(CO[Si](C)(C)C(C)(C)C)O[Si](C)(C)C(C)(C)C)[C@@H]3OC. The highest BCUT2D eigenvalue weighted by Crippen LogP contribution is 2.55. The molecule has 1 spiro atoms. The smallest absolute Gasteiger partial charge is 0.192 e. The summed E-state index contributed by atoms with van der Waals surface area (Å²) < 4.78 is 76.0. The van der Waals surface area contributed by atoms with Crippen molar-refractivity contribution in [1.82, 2.24) is 0 Å². The van der Waals surface area contributed by atoms with Crippen molar-refractivity contribution in [3.63, 3.8) is 0 Å². The Hall–Kier alpha value is -0.856. The molecule has 10 heterocycles. The third-order valence-electron chi connectivity index (χ3n) is 18.4. The van der Waals surface area contributed by atoms with Gasteiger partial charge in [-0.15, -0.1) is 0 Å². The Morgan fingerprint density at radius 3 is 2.09 bits per heavy atom. The zero-order valence-electron chi connectivity index (χ0n) is 42.6. The van der Waals surface area contributed by atoms with Crippen LogP contribution in [0.1, 0.15) is 132 Å². The van der Waals surface area contributed by atoms with Crippen LogP contribution in [-0.2, 0) is 56.3 Å². The molecule has 0 N–H and O–H groups in total. The number of fused-ring (bicyclic) bond motifs is 6. The summed E-state index contributed by atoms with van der Waals surface area (Å²) >= 11 is 0. The van der Waals surface area contributed by atoms with Gasteiger partial charge >= 0.3 is 0 Å². The van der Waals surface area contributed by atoms with E-state index in [-0.39, 0.29) is 125 Å². The van der Waals surface area contributed by atoms with Crippen LogP contribution in [0.15, 0.2) is 24.3 Å². The molecule has 10 fully saturated rings. The van der Waals surface area contributed by atoms with Gasteiger partial charge in [-0.3, -0.25) is 4.79 Å². The van der Waals surface area contributed by atoms with Crippen molar-refractivity contribution < 1.29 is 56.3 Å². The third-order valence-corrected chi connectivity index (χ3v) is 27.4. The lowest BCUT2D eigenvalue weighted by molar-refractivity contribution is -0.292. The molecule has 13 unspecified atom stereocenters. The number of ketones is 1. The predicted octanol–water partition coefficient (Wildman–Crippen LogP) is 9.53. The molecule has 66 heavy (non-hydrogen) atoms. The molecule has 0 amide bonds.